The third kappa shape index (κ3) is 3.62. The molecule has 0 saturated heterocycles. The summed E-state index contributed by atoms with van der Waals surface area (Å²) in [6.07, 6.45) is 0. The minimum absolute atomic E-state index is 0.207. The van der Waals surface area contributed by atoms with Crippen LogP contribution in [0.15, 0.2) is 18.2 Å². The fourth-order valence-electron chi connectivity index (χ4n) is 2.16. The van der Waals surface area contributed by atoms with Gasteiger partial charge in [-0.1, -0.05) is 33.8 Å². The van der Waals surface area contributed by atoms with Crippen molar-refractivity contribution < 1.29 is 4.39 Å². The van der Waals surface area contributed by atoms with Crippen molar-refractivity contribution in [2.24, 2.45) is 17.8 Å². The molecule has 1 aromatic rings. The lowest BCUT2D eigenvalue weighted by molar-refractivity contribution is 0.304. The standard InChI is InChI=1S/C14H23FN2/c1-9(2)11(10(3)4)8-17-13-7-5-6-12(15)14(13)16/h5-7,9-11,17H,8,16H2,1-4H3. The summed E-state index contributed by atoms with van der Waals surface area (Å²) in [6.45, 7) is 9.66. The van der Waals surface area contributed by atoms with Crippen LogP contribution in [0.4, 0.5) is 15.8 Å². The molecule has 3 N–H and O–H groups in total. The molecule has 0 heterocycles. The second-order valence-corrected chi connectivity index (χ2v) is 5.23. The van der Waals surface area contributed by atoms with E-state index in [9.17, 15) is 4.39 Å². The van der Waals surface area contributed by atoms with Gasteiger partial charge in [-0.05, 0) is 29.9 Å². The van der Waals surface area contributed by atoms with E-state index < -0.39 is 0 Å². The van der Waals surface area contributed by atoms with Crippen LogP contribution in [-0.2, 0) is 0 Å². The van der Waals surface area contributed by atoms with Crippen LogP contribution in [0.2, 0.25) is 0 Å². The Hall–Kier alpha value is -1.25. The highest BCUT2D eigenvalue weighted by molar-refractivity contribution is 5.66. The van der Waals surface area contributed by atoms with Gasteiger partial charge >= 0.3 is 0 Å². The molecule has 0 aliphatic carbocycles. The van der Waals surface area contributed by atoms with E-state index in [4.69, 9.17) is 5.73 Å². The Morgan fingerprint density at radius 1 is 1.18 bits per heavy atom. The smallest absolute Gasteiger partial charge is 0.148 e. The van der Waals surface area contributed by atoms with Gasteiger partial charge in [0.1, 0.15) is 5.82 Å². The SMILES string of the molecule is CC(C)C(CNc1cccc(F)c1N)C(C)C. The van der Waals surface area contributed by atoms with Crippen LogP contribution in [0.1, 0.15) is 27.7 Å². The number of para-hydroxylation sites is 1. The van der Waals surface area contributed by atoms with E-state index in [-0.39, 0.29) is 11.5 Å². The summed E-state index contributed by atoms with van der Waals surface area (Å²) in [7, 11) is 0. The Labute approximate surface area is 103 Å². The van der Waals surface area contributed by atoms with Crippen molar-refractivity contribution in [3.63, 3.8) is 0 Å². The molecule has 0 radical (unpaired) electrons. The van der Waals surface area contributed by atoms with Gasteiger partial charge in [-0.25, -0.2) is 4.39 Å². The average molecular weight is 238 g/mol. The first kappa shape index (κ1) is 13.8. The molecular formula is C14H23FN2. The van der Waals surface area contributed by atoms with Crippen LogP contribution in [0, 0.1) is 23.6 Å². The monoisotopic (exact) mass is 238 g/mol. The lowest BCUT2D eigenvalue weighted by Crippen LogP contribution is -2.24. The van der Waals surface area contributed by atoms with E-state index in [1.54, 1.807) is 6.07 Å². The third-order valence-corrected chi connectivity index (χ3v) is 3.29. The van der Waals surface area contributed by atoms with Crippen molar-refractivity contribution in [1.29, 1.82) is 0 Å². The zero-order valence-corrected chi connectivity index (χ0v) is 11.1. The molecule has 0 unspecified atom stereocenters. The second-order valence-electron chi connectivity index (χ2n) is 5.23. The zero-order chi connectivity index (χ0) is 13.0. The number of halogens is 1. The number of anilines is 2. The first-order valence-corrected chi connectivity index (χ1v) is 6.21. The Morgan fingerprint density at radius 2 is 1.76 bits per heavy atom. The number of nitrogens with two attached hydrogens (primary N) is 1. The maximum Gasteiger partial charge on any atom is 0.148 e. The molecular weight excluding hydrogens is 215 g/mol. The summed E-state index contributed by atoms with van der Waals surface area (Å²) in [5, 5.41) is 3.25. The number of rotatable bonds is 5. The molecule has 1 aromatic carbocycles. The number of hydrogen-bond acceptors (Lipinski definition) is 2. The quantitative estimate of drug-likeness (QED) is 0.767. The molecule has 17 heavy (non-hydrogen) atoms. The first-order valence-electron chi connectivity index (χ1n) is 6.21. The fourth-order valence-corrected chi connectivity index (χ4v) is 2.16. The predicted octanol–water partition coefficient (Wildman–Crippen LogP) is 3.75. The van der Waals surface area contributed by atoms with Crippen LogP contribution >= 0.6 is 0 Å². The van der Waals surface area contributed by atoms with Crippen LogP contribution in [0.25, 0.3) is 0 Å². The van der Waals surface area contributed by atoms with Crippen molar-refractivity contribution in [1.82, 2.24) is 0 Å². The van der Waals surface area contributed by atoms with Crippen molar-refractivity contribution in [3.05, 3.63) is 24.0 Å². The number of nitrogen functional groups attached to an aromatic ring is 1. The molecule has 0 atom stereocenters. The van der Waals surface area contributed by atoms with Gasteiger partial charge in [0, 0.05) is 6.54 Å². The van der Waals surface area contributed by atoms with Crippen molar-refractivity contribution in [2.45, 2.75) is 27.7 Å². The normalized spacial score (nSPS) is 11.5. The maximum absolute atomic E-state index is 13.3. The maximum atomic E-state index is 13.3. The highest BCUT2D eigenvalue weighted by Crippen LogP contribution is 2.25. The van der Waals surface area contributed by atoms with Gasteiger partial charge in [-0.2, -0.15) is 0 Å². The summed E-state index contributed by atoms with van der Waals surface area (Å²) >= 11 is 0. The molecule has 1 rings (SSSR count). The lowest BCUT2D eigenvalue weighted by atomic mass is 9.85. The molecule has 0 aliphatic heterocycles. The van der Waals surface area contributed by atoms with Crippen LogP contribution < -0.4 is 11.1 Å². The average Bonchev–Trinajstić information content (AvgIpc) is 2.23. The Morgan fingerprint density at radius 3 is 2.29 bits per heavy atom. The third-order valence-electron chi connectivity index (χ3n) is 3.29. The summed E-state index contributed by atoms with van der Waals surface area (Å²) in [6, 6.07) is 4.87. The van der Waals surface area contributed by atoms with E-state index in [1.807, 2.05) is 6.07 Å². The summed E-state index contributed by atoms with van der Waals surface area (Å²) in [5.74, 6) is 1.38. The highest BCUT2D eigenvalue weighted by Gasteiger charge is 2.17. The fraction of sp³-hybridized carbons (Fsp3) is 0.571. The number of hydrogen-bond donors (Lipinski definition) is 2. The molecule has 3 heteroatoms. The summed E-state index contributed by atoms with van der Waals surface area (Å²) in [5.41, 5.74) is 6.58. The van der Waals surface area contributed by atoms with Crippen molar-refractivity contribution >= 4 is 11.4 Å². The van der Waals surface area contributed by atoms with Gasteiger partial charge in [0.2, 0.25) is 0 Å². The van der Waals surface area contributed by atoms with Gasteiger partial charge in [-0.15, -0.1) is 0 Å². The molecule has 2 nitrogen and oxygen atoms in total. The molecule has 0 spiro atoms. The molecule has 0 aliphatic rings. The van der Waals surface area contributed by atoms with E-state index in [0.29, 0.717) is 23.4 Å². The van der Waals surface area contributed by atoms with Crippen LogP contribution in [0.5, 0.6) is 0 Å². The van der Waals surface area contributed by atoms with E-state index in [1.165, 1.54) is 6.07 Å². The molecule has 0 bridgehead atoms. The van der Waals surface area contributed by atoms with Crippen LogP contribution in [0.3, 0.4) is 0 Å². The van der Waals surface area contributed by atoms with E-state index in [2.05, 4.69) is 33.0 Å². The topological polar surface area (TPSA) is 38.0 Å². The highest BCUT2D eigenvalue weighted by atomic mass is 19.1. The number of benzene rings is 1. The molecule has 0 aromatic heterocycles. The minimum Gasteiger partial charge on any atom is -0.395 e. The molecule has 0 saturated carbocycles. The van der Waals surface area contributed by atoms with Gasteiger partial charge in [-0.3, -0.25) is 0 Å². The van der Waals surface area contributed by atoms with E-state index >= 15 is 0 Å². The van der Waals surface area contributed by atoms with Gasteiger partial charge in [0.05, 0.1) is 11.4 Å². The van der Waals surface area contributed by atoms with Gasteiger partial charge < -0.3 is 11.1 Å². The molecule has 0 amide bonds. The van der Waals surface area contributed by atoms with Crippen molar-refractivity contribution in [2.75, 3.05) is 17.6 Å². The minimum atomic E-state index is -0.361. The Balaban J connectivity index is 2.69. The zero-order valence-electron chi connectivity index (χ0n) is 11.1. The summed E-state index contributed by atoms with van der Waals surface area (Å²) < 4.78 is 13.3. The molecule has 0 fully saturated rings. The lowest BCUT2D eigenvalue weighted by Gasteiger charge is -2.25. The van der Waals surface area contributed by atoms with Gasteiger partial charge in [0.25, 0.3) is 0 Å². The van der Waals surface area contributed by atoms with Crippen LogP contribution in [-0.4, -0.2) is 6.54 Å². The predicted molar refractivity (Wildman–Crippen MR) is 72.5 cm³/mol. The van der Waals surface area contributed by atoms with Crippen molar-refractivity contribution in [3.8, 4) is 0 Å². The van der Waals surface area contributed by atoms with E-state index in [0.717, 1.165) is 6.54 Å². The summed E-state index contributed by atoms with van der Waals surface area (Å²) in [4.78, 5) is 0. The molecule has 96 valence electrons. The van der Waals surface area contributed by atoms with Gasteiger partial charge in [0.15, 0.2) is 0 Å². The Kier molecular flexibility index (Phi) is 4.79. The first-order chi connectivity index (χ1) is 7.93. The largest absolute Gasteiger partial charge is 0.395 e. The Bertz CT molecular complexity index is 353. The second kappa shape index (κ2) is 5.89. The number of nitrogens with one attached hydrogen (secondary N) is 1.